The van der Waals surface area contributed by atoms with Gasteiger partial charge in [0.15, 0.2) is 0 Å². The van der Waals surface area contributed by atoms with E-state index in [1.807, 2.05) is 109 Å². The summed E-state index contributed by atoms with van der Waals surface area (Å²) in [5.74, 6) is -0.527. The zero-order chi connectivity index (χ0) is 34.7. The molecule has 8 heteroatoms. The molecule has 1 fully saturated rings. The molecule has 0 radical (unpaired) electrons. The Hall–Kier alpha value is -4.95. The number of ether oxygens (including phenoxy) is 1. The fourth-order valence-corrected chi connectivity index (χ4v) is 6.38. The third kappa shape index (κ3) is 10.0. The molecule has 0 spiro atoms. The number of nitrogens with one attached hydrogen (secondary N) is 2. The van der Waals surface area contributed by atoms with Gasteiger partial charge in [0, 0.05) is 39.1 Å². The van der Waals surface area contributed by atoms with Crippen LogP contribution in [0.3, 0.4) is 0 Å². The van der Waals surface area contributed by atoms with Gasteiger partial charge in [-0.1, -0.05) is 121 Å². The second-order valence-electron chi connectivity index (χ2n) is 13.8. The molecule has 2 N–H and O–H groups in total. The molecule has 0 aromatic heterocycles. The average Bonchev–Trinajstić information content (AvgIpc) is 3.10. The molecule has 1 atom stereocenters. The summed E-state index contributed by atoms with van der Waals surface area (Å²) >= 11 is 0. The van der Waals surface area contributed by atoms with E-state index in [1.165, 1.54) is 5.56 Å². The van der Waals surface area contributed by atoms with Crippen LogP contribution in [0.25, 0.3) is 0 Å². The second-order valence-corrected chi connectivity index (χ2v) is 13.8. The minimum atomic E-state index is -1.17. The van der Waals surface area contributed by atoms with Gasteiger partial charge < -0.3 is 20.3 Å². The van der Waals surface area contributed by atoms with Gasteiger partial charge in [-0.2, -0.15) is 0 Å². The molecule has 256 valence electrons. The van der Waals surface area contributed by atoms with E-state index in [-0.39, 0.29) is 24.8 Å². The number of amides is 3. The van der Waals surface area contributed by atoms with Crippen molar-refractivity contribution in [2.75, 3.05) is 13.1 Å². The van der Waals surface area contributed by atoms with Crippen molar-refractivity contribution in [3.05, 3.63) is 144 Å². The van der Waals surface area contributed by atoms with Crippen LogP contribution < -0.4 is 10.6 Å². The summed E-state index contributed by atoms with van der Waals surface area (Å²) in [6.07, 6.45) is 0.431. The van der Waals surface area contributed by atoms with Crippen molar-refractivity contribution in [2.45, 2.75) is 76.8 Å². The number of hydrogen-bond acceptors (Lipinski definition) is 5. The summed E-state index contributed by atoms with van der Waals surface area (Å²) in [5, 5.41) is 6.08. The lowest BCUT2D eigenvalue weighted by molar-refractivity contribution is -0.154. The van der Waals surface area contributed by atoms with Crippen molar-refractivity contribution >= 4 is 17.9 Å². The maximum absolute atomic E-state index is 15.1. The maximum Gasteiger partial charge on any atom is 0.408 e. The quantitative estimate of drug-likeness (QED) is 0.181. The first-order valence-corrected chi connectivity index (χ1v) is 17.1. The summed E-state index contributed by atoms with van der Waals surface area (Å²) in [6.45, 7) is 7.91. The number of hydrogen-bond donors (Lipinski definition) is 2. The van der Waals surface area contributed by atoms with Gasteiger partial charge in [0.2, 0.25) is 11.8 Å². The number of alkyl carbamates (subject to hydrolysis) is 1. The van der Waals surface area contributed by atoms with Crippen molar-refractivity contribution in [1.29, 1.82) is 0 Å². The molecule has 0 bridgehead atoms. The Kier molecular flexibility index (Phi) is 11.9. The molecule has 0 saturated carbocycles. The Balaban J connectivity index is 1.51. The van der Waals surface area contributed by atoms with Crippen molar-refractivity contribution in [3.8, 4) is 0 Å². The van der Waals surface area contributed by atoms with Crippen LogP contribution in [0.1, 0.15) is 55.9 Å². The Bertz CT molecular complexity index is 1630. The zero-order valence-electron chi connectivity index (χ0n) is 28.8. The van der Waals surface area contributed by atoms with E-state index < -0.39 is 23.3 Å². The van der Waals surface area contributed by atoms with E-state index in [0.29, 0.717) is 32.5 Å². The number of rotatable bonds is 12. The van der Waals surface area contributed by atoms with Crippen LogP contribution in [0.4, 0.5) is 4.79 Å². The molecule has 0 unspecified atom stereocenters. The molecule has 1 saturated heterocycles. The second kappa shape index (κ2) is 16.4. The molecule has 0 aliphatic carbocycles. The molecule has 1 heterocycles. The van der Waals surface area contributed by atoms with Crippen LogP contribution in [0.15, 0.2) is 121 Å². The third-order valence-electron chi connectivity index (χ3n) is 8.89. The first-order chi connectivity index (χ1) is 23.6. The van der Waals surface area contributed by atoms with Gasteiger partial charge in [-0.3, -0.25) is 14.5 Å². The lowest BCUT2D eigenvalue weighted by atomic mass is 9.82. The fraction of sp³-hybridized carbons (Fsp3) is 0.341. The summed E-state index contributed by atoms with van der Waals surface area (Å²) in [7, 11) is 0. The fourth-order valence-electron chi connectivity index (χ4n) is 6.38. The zero-order valence-corrected chi connectivity index (χ0v) is 28.8. The minimum absolute atomic E-state index is 0.198. The summed E-state index contributed by atoms with van der Waals surface area (Å²) < 4.78 is 5.62. The number of likely N-dealkylation sites (tertiary alicyclic amines) is 1. The Labute approximate surface area is 290 Å². The number of benzene rings is 4. The predicted octanol–water partition coefficient (Wildman–Crippen LogP) is 6.50. The molecule has 3 amide bonds. The normalized spacial score (nSPS) is 15.1. The van der Waals surface area contributed by atoms with E-state index in [4.69, 9.17) is 4.74 Å². The first kappa shape index (κ1) is 35.4. The minimum Gasteiger partial charge on any atom is -0.444 e. The van der Waals surface area contributed by atoms with Gasteiger partial charge in [0.05, 0.1) is 0 Å². The highest BCUT2D eigenvalue weighted by Crippen LogP contribution is 2.33. The molecular weight excluding hydrogens is 612 g/mol. The summed E-state index contributed by atoms with van der Waals surface area (Å²) in [4.78, 5) is 47.0. The highest BCUT2D eigenvalue weighted by atomic mass is 16.6. The van der Waals surface area contributed by atoms with Gasteiger partial charge in [-0.05, 0) is 55.9 Å². The van der Waals surface area contributed by atoms with Crippen LogP contribution in [-0.2, 0) is 40.4 Å². The SMILES string of the molecule is CC(C)(C)OC(=O)N[C@@H](Cc1ccccc1)C(=O)N(Cc1ccccc1)C1(C(=O)NCc2ccccc2)CCN(Cc2ccccc2)CC1. The highest BCUT2D eigenvalue weighted by molar-refractivity contribution is 5.94. The lowest BCUT2D eigenvalue weighted by Gasteiger charge is -2.48. The largest absolute Gasteiger partial charge is 0.444 e. The highest BCUT2D eigenvalue weighted by Gasteiger charge is 2.49. The van der Waals surface area contributed by atoms with Gasteiger partial charge in [-0.15, -0.1) is 0 Å². The summed E-state index contributed by atoms with van der Waals surface area (Å²) in [6, 6.07) is 38.4. The maximum atomic E-state index is 15.1. The number of carbonyl (C=O) groups excluding carboxylic acids is 3. The first-order valence-electron chi connectivity index (χ1n) is 17.1. The van der Waals surface area contributed by atoms with Gasteiger partial charge in [0.1, 0.15) is 17.2 Å². The molecule has 4 aromatic carbocycles. The topological polar surface area (TPSA) is 91.0 Å². The molecule has 5 rings (SSSR count). The van der Waals surface area contributed by atoms with Crippen molar-refractivity contribution in [2.24, 2.45) is 0 Å². The monoisotopic (exact) mass is 660 g/mol. The van der Waals surface area contributed by atoms with Crippen LogP contribution >= 0.6 is 0 Å². The van der Waals surface area contributed by atoms with Crippen LogP contribution in [0, 0.1) is 0 Å². The van der Waals surface area contributed by atoms with E-state index in [9.17, 15) is 9.59 Å². The molecule has 49 heavy (non-hydrogen) atoms. The molecule has 8 nitrogen and oxygen atoms in total. The number of piperidine rings is 1. The molecule has 1 aliphatic rings. The van der Waals surface area contributed by atoms with E-state index in [1.54, 1.807) is 25.7 Å². The summed E-state index contributed by atoms with van der Waals surface area (Å²) in [5.41, 5.74) is 2.04. The van der Waals surface area contributed by atoms with Gasteiger partial charge >= 0.3 is 6.09 Å². The smallest absolute Gasteiger partial charge is 0.408 e. The average molecular weight is 661 g/mol. The van der Waals surface area contributed by atoms with Crippen LogP contribution in [-0.4, -0.2) is 58.0 Å². The molecular formula is C41H48N4O4. The standard InChI is InChI=1S/C41H48N4O4/c1-40(2,3)49-39(48)43-36(28-32-16-8-4-9-17-32)37(46)45(31-35-22-14-7-15-23-35)41(38(47)42-29-33-18-10-5-11-19-33)24-26-44(27-25-41)30-34-20-12-6-13-21-34/h4-23,36H,24-31H2,1-3H3,(H,42,47)(H,43,48)/t36-/m0/s1. The molecule has 1 aliphatic heterocycles. The van der Waals surface area contributed by atoms with E-state index in [2.05, 4.69) is 27.7 Å². The lowest BCUT2D eigenvalue weighted by Crippen LogP contribution is -2.67. The van der Waals surface area contributed by atoms with Gasteiger partial charge in [0.25, 0.3) is 0 Å². The van der Waals surface area contributed by atoms with Crippen molar-refractivity contribution in [1.82, 2.24) is 20.4 Å². The number of nitrogens with zero attached hydrogens (tertiary/aromatic N) is 2. The van der Waals surface area contributed by atoms with Crippen molar-refractivity contribution in [3.63, 3.8) is 0 Å². The third-order valence-corrected chi connectivity index (χ3v) is 8.89. The number of carbonyl (C=O) groups is 3. The Morgan fingerprint density at radius 3 is 1.76 bits per heavy atom. The molecule has 4 aromatic rings. The van der Waals surface area contributed by atoms with E-state index >= 15 is 4.79 Å². The Morgan fingerprint density at radius 2 is 1.22 bits per heavy atom. The predicted molar refractivity (Wildman–Crippen MR) is 192 cm³/mol. The van der Waals surface area contributed by atoms with Gasteiger partial charge in [-0.25, -0.2) is 4.79 Å². The van der Waals surface area contributed by atoms with Crippen LogP contribution in [0.5, 0.6) is 0 Å². The Morgan fingerprint density at radius 1 is 0.735 bits per heavy atom. The van der Waals surface area contributed by atoms with E-state index in [0.717, 1.165) is 23.2 Å². The van der Waals surface area contributed by atoms with Crippen molar-refractivity contribution < 1.29 is 19.1 Å². The van der Waals surface area contributed by atoms with Crippen LogP contribution in [0.2, 0.25) is 0 Å².